The highest BCUT2D eigenvalue weighted by molar-refractivity contribution is 5.79. The molecule has 2 aromatic rings. The van der Waals surface area contributed by atoms with Crippen molar-refractivity contribution in [2.75, 3.05) is 19.7 Å². The third kappa shape index (κ3) is 5.41. The fourth-order valence-corrected chi connectivity index (χ4v) is 5.01. The highest BCUT2D eigenvalue weighted by atomic mass is 16.5. The quantitative estimate of drug-likeness (QED) is 0.603. The Labute approximate surface area is 200 Å². The third-order valence-corrected chi connectivity index (χ3v) is 6.93. The number of amides is 2. The monoisotopic (exact) mass is 464 g/mol. The summed E-state index contributed by atoms with van der Waals surface area (Å²) in [5, 5.41) is 11.9. The van der Waals surface area contributed by atoms with Crippen LogP contribution in [0.5, 0.6) is 0 Å². The molecule has 34 heavy (non-hydrogen) atoms. The molecule has 7 nitrogen and oxygen atoms in total. The number of carbonyl (C=O) groups is 3. The van der Waals surface area contributed by atoms with Crippen molar-refractivity contribution in [1.82, 2.24) is 10.2 Å². The lowest BCUT2D eigenvalue weighted by atomic mass is 9.97. The lowest BCUT2D eigenvalue weighted by molar-refractivity contribution is -0.145. The van der Waals surface area contributed by atoms with Crippen LogP contribution in [0.15, 0.2) is 48.5 Å². The highest BCUT2D eigenvalue weighted by Crippen LogP contribution is 2.44. The molecule has 1 heterocycles. The van der Waals surface area contributed by atoms with Crippen molar-refractivity contribution in [3.8, 4) is 11.1 Å². The summed E-state index contributed by atoms with van der Waals surface area (Å²) in [6.07, 6.45) is 2.30. The second kappa shape index (κ2) is 10.7. The van der Waals surface area contributed by atoms with Gasteiger partial charge in [0, 0.05) is 31.5 Å². The van der Waals surface area contributed by atoms with Crippen molar-refractivity contribution < 1.29 is 24.2 Å². The molecule has 0 bridgehead atoms. The number of hydrogen-bond acceptors (Lipinski definition) is 4. The molecule has 4 rings (SSSR count). The summed E-state index contributed by atoms with van der Waals surface area (Å²) in [5.41, 5.74) is 4.74. The lowest BCUT2D eigenvalue weighted by Gasteiger charge is -2.30. The second-order valence-corrected chi connectivity index (χ2v) is 9.26. The Hall–Kier alpha value is -3.35. The smallest absolute Gasteiger partial charge is 0.407 e. The topological polar surface area (TPSA) is 95.9 Å². The fourth-order valence-electron chi connectivity index (χ4n) is 5.01. The number of carbonyl (C=O) groups excluding carboxylic acids is 2. The number of ether oxygens (including phenoxy) is 1. The molecule has 0 spiro atoms. The fraction of sp³-hybridized carbons (Fsp3) is 0.444. The number of carboxylic acids is 1. The lowest BCUT2D eigenvalue weighted by Crippen LogP contribution is -2.40. The number of nitrogens with zero attached hydrogens (tertiary/aromatic N) is 1. The van der Waals surface area contributed by atoms with Crippen molar-refractivity contribution in [1.29, 1.82) is 0 Å². The van der Waals surface area contributed by atoms with Gasteiger partial charge in [0.05, 0.1) is 5.92 Å². The van der Waals surface area contributed by atoms with E-state index in [1.165, 1.54) is 22.3 Å². The number of benzene rings is 2. The van der Waals surface area contributed by atoms with Gasteiger partial charge in [-0.05, 0) is 54.9 Å². The van der Waals surface area contributed by atoms with Gasteiger partial charge < -0.3 is 20.1 Å². The Balaban J connectivity index is 1.19. The molecule has 1 aliphatic carbocycles. The summed E-state index contributed by atoms with van der Waals surface area (Å²) in [7, 11) is 0. The molecule has 2 aliphatic rings. The maximum absolute atomic E-state index is 12.4. The van der Waals surface area contributed by atoms with Gasteiger partial charge in [0.2, 0.25) is 5.91 Å². The molecular formula is C27H32N2O5. The van der Waals surface area contributed by atoms with E-state index in [0.29, 0.717) is 45.2 Å². The van der Waals surface area contributed by atoms with E-state index in [1.54, 1.807) is 4.90 Å². The predicted octanol–water partition coefficient (Wildman–Crippen LogP) is 4.41. The molecule has 0 radical (unpaired) electrons. The molecule has 1 unspecified atom stereocenters. The summed E-state index contributed by atoms with van der Waals surface area (Å²) >= 11 is 0. The van der Waals surface area contributed by atoms with Crippen LogP contribution in [-0.2, 0) is 14.3 Å². The minimum absolute atomic E-state index is 0.0244. The van der Waals surface area contributed by atoms with Gasteiger partial charge in [-0.15, -0.1) is 0 Å². The minimum Gasteiger partial charge on any atom is -0.481 e. The van der Waals surface area contributed by atoms with Crippen molar-refractivity contribution in [3.05, 3.63) is 59.7 Å². The van der Waals surface area contributed by atoms with E-state index in [0.717, 1.165) is 0 Å². The Kier molecular flexibility index (Phi) is 7.50. The molecule has 7 heteroatoms. The van der Waals surface area contributed by atoms with Gasteiger partial charge in [-0.3, -0.25) is 9.59 Å². The average Bonchev–Trinajstić information content (AvgIpc) is 3.16. The first-order chi connectivity index (χ1) is 16.4. The Morgan fingerprint density at radius 3 is 2.21 bits per heavy atom. The molecule has 180 valence electrons. The number of alkyl carbamates (subject to hydrolysis) is 1. The molecule has 2 amide bonds. The molecule has 2 N–H and O–H groups in total. The standard InChI is InChI=1S/C27H32N2O5/c1-18(7-6-12-25(30)29-15-13-19(14-16-29)26(31)32)28-27(33)34-17-24-22-10-4-2-8-20(22)21-9-3-5-11-23(21)24/h2-5,8-11,18-19,24H,6-7,12-17H2,1H3,(H,28,33)(H,31,32). The van der Waals surface area contributed by atoms with Crippen LogP contribution in [-0.4, -0.2) is 53.7 Å². The highest BCUT2D eigenvalue weighted by Gasteiger charge is 2.29. The summed E-state index contributed by atoms with van der Waals surface area (Å²) < 4.78 is 5.59. The van der Waals surface area contributed by atoms with Crippen molar-refractivity contribution in [2.24, 2.45) is 5.92 Å². The zero-order valence-corrected chi connectivity index (χ0v) is 19.5. The van der Waals surface area contributed by atoms with Gasteiger partial charge in [0.1, 0.15) is 6.61 Å². The van der Waals surface area contributed by atoms with Crippen LogP contribution in [0.3, 0.4) is 0 Å². The summed E-state index contributed by atoms with van der Waals surface area (Å²) in [4.78, 5) is 37.6. The van der Waals surface area contributed by atoms with Gasteiger partial charge in [-0.1, -0.05) is 48.5 Å². The van der Waals surface area contributed by atoms with Crippen LogP contribution >= 0.6 is 0 Å². The van der Waals surface area contributed by atoms with Crippen LogP contribution in [0.2, 0.25) is 0 Å². The van der Waals surface area contributed by atoms with E-state index < -0.39 is 12.1 Å². The largest absolute Gasteiger partial charge is 0.481 e. The molecule has 1 saturated heterocycles. The zero-order chi connectivity index (χ0) is 24.1. The average molecular weight is 465 g/mol. The molecule has 0 saturated carbocycles. The number of aliphatic carboxylic acids is 1. The molecule has 1 aliphatic heterocycles. The summed E-state index contributed by atoms with van der Waals surface area (Å²) in [5.74, 6) is -1.04. The number of rotatable bonds is 8. The van der Waals surface area contributed by atoms with Gasteiger partial charge in [0.15, 0.2) is 0 Å². The summed E-state index contributed by atoms with van der Waals surface area (Å²) in [6.45, 7) is 3.19. The first-order valence-corrected chi connectivity index (χ1v) is 12.1. The van der Waals surface area contributed by atoms with Crippen molar-refractivity contribution in [2.45, 2.75) is 51.0 Å². The van der Waals surface area contributed by atoms with E-state index in [1.807, 2.05) is 31.2 Å². The molecular weight excluding hydrogens is 432 g/mol. The Morgan fingerprint density at radius 2 is 1.62 bits per heavy atom. The first kappa shape index (κ1) is 23.8. The molecule has 2 aromatic carbocycles. The Bertz CT molecular complexity index is 999. The molecule has 0 aromatic heterocycles. The summed E-state index contributed by atoms with van der Waals surface area (Å²) in [6, 6.07) is 16.3. The molecule has 1 atom stereocenters. The predicted molar refractivity (Wildman–Crippen MR) is 128 cm³/mol. The van der Waals surface area contributed by atoms with E-state index in [-0.39, 0.29) is 30.4 Å². The maximum atomic E-state index is 12.4. The van der Waals surface area contributed by atoms with Crippen molar-refractivity contribution in [3.63, 3.8) is 0 Å². The number of nitrogens with one attached hydrogen (secondary N) is 1. The zero-order valence-electron chi connectivity index (χ0n) is 19.5. The van der Waals surface area contributed by atoms with E-state index in [9.17, 15) is 14.4 Å². The first-order valence-electron chi connectivity index (χ1n) is 12.1. The van der Waals surface area contributed by atoms with Gasteiger partial charge in [-0.2, -0.15) is 0 Å². The van der Waals surface area contributed by atoms with Gasteiger partial charge in [-0.25, -0.2) is 4.79 Å². The number of likely N-dealkylation sites (tertiary alicyclic amines) is 1. The minimum atomic E-state index is -0.778. The van der Waals surface area contributed by atoms with Crippen LogP contribution in [0.4, 0.5) is 4.79 Å². The Morgan fingerprint density at radius 1 is 1.03 bits per heavy atom. The number of carboxylic acid groups (broad SMARTS) is 1. The molecule has 1 fully saturated rings. The van der Waals surface area contributed by atoms with E-state index >= 15 is 0 Å². The van der Waals surface area contributed by atoms with Crippen LogP contribution in [0.25, 0.3) is 11.1 Å². The third-order valence-electron chi connectivity index (χ3n) is 6.93. The number of hydrogen-bond donors (Lipinski definition) is 2. The second-order valence-electron chi connectivity index (χ2n) is 9.26. The van der Waals surface area contributed by atoms with E-state index in [2.05, 4.69) is 29.6 Å². The normalized spacial score (nSPS) is 16.4. The van der Waals surface area contributed by atoms with Gasteiger partial charge in [0.25, 0.3) is 0 Å². The number of fused-ring (bicyclic) bond motifs is 3. The van der Waals surface area contributed by atoms with E-state index in [4.69, 9.17) is 9.84 Å². The van der Waals surface area contributed by atoms with Crippen LogP contribution < -0.4 is 5.32 Å². The van der Waals surface area contributed by atoms with Crippen molar-refractivity contribution >= 4 is 18.0 Å². The van der Waals surface area contributed by atoms with Crippen LogP contribution in [0, 0.1) is 5.92 Å². The SMILES string of the molecule is CC(CCCC(=O)N1CCC(C(=O)O)CC1)NC(=O)OCC1c2ccccc2-c2ccccc21. The van der Waals surface area contributed by atoms with Crippen LogP contribution in [0.1, 0.15) is 56.1 Å². The maximum Gasteiger partial charge on any atom is 0.407 e. The van der Waals surface area contributed by atoms with Gasteiger partial charge >= 0.3 is 12.1 Å². The number of piperidine rings is 1.